The second kappa shape index (κ2) is 7.26. The fourth-order valence-corrected chi connectivity index (χ4v) is 2.33. The molecule has 0 atom stereocenters. The lowest BCUT2D eigenvalue weighted by Gasteiger charge is -2.34. The summed E-state index contributed by atoms with van der Waals surface area (Å²) in [4.78, 5) is 16.6. The van der Waals surface area contributed by atoms with Crippen LogP contribution in [0.15, 0.2) is 24.3 Å². The molecule has 0 unspecified atom stereocenters. The van der Waals surface area contributed by atoms with E-state index in [1.54, 1.807) is 20.3 Å². The molecule has 1 aliphatic rings. The standard InChI is InChI=1S/C15H22N2O3/c1-19-11-10-16-6-8-17(9-7-16)15(18)13-4-3-5-14(12-13)20-2/h3-5,12H,6-11H2,1-2H3. The van der Waals surface area contributed by atoms with Crippen molar-refractivity contribution in [3.05, 3.63) is 29.8 Å². The van der Waals surface area contributed by atoms with Crippen LogP contribution in [0.5, 0.6) is 5.75 Å². The summed E-state index contributed by atoms with van der Waals surface area (Å²) >= 11 is 0. The van der Waals surface area contributed by atoms with Crippen molar-refractivity contribution in [2.24, 2.45) is 0 Å². The molecule has 2 rings (SSSR count). The number of hydrogen-bond donors (Lipinski definition) is 0. The normalized spacial score (nSPS) is 16.2. The first-order valence-electron chi connectivity index (χ1n) is 6.89. The maximum absolute atomic E-state index is 12.4. The number of ether oxygens (including phenoxy) is 2. The highest BCUT2D eigenvalue weighted by atomic mass is 16.5. The first-order valence-corrected chi connectivity index (χ1v) is 6.89. The zero-order valence-electron chi connectivity index (χ0n) is 12.2. The van der Waals surface area contributed by atoms with Gasteiger partial charge >= 0.3 is 0 Å². The van der Waals surface area contributed by atoms with Gasteiger partial charge in [-0.15, -0.1) is 0 Å². The summed E-state index contributed by atoms with van der Waals surface area (Å²) in [6.07, 6.45) is 0. The van der Waals surface area contributed by atoms with Crippen LogP contribution >= 0.6 is 0 Å². The van der Waals surface area contributed by atoms with Crippen LogP contribution in [0.3, 0.4) is 0 Å². The third-order valence-electron chi connectivity index (χ3n) is 3.59. The van der Waals surface area contributed by atoms with Gasteiger partial charge in [0.1, 0.15) is 5.75 Å². The SMILES string of the molecule is COCCN1CCN(C(=O)c2cccc(OC)c2)CC1. The van der Waals surface area contributed by atoms with Crippen molar-refractivity contribution < 1.29 is 14.3 Å². The minimum absolute atomic E-state index is 0.0790. The average Bonchev–Trinajstić information content (AvgIpc) is 2.52. The Bertz CT molecular complexity index is 442. The lowest BCUT2D eigenvalue weighted by Crippen LogP contribution is -2.49. The van der Waals surface area contributed by atoms with E-state index in [-0.39, 0.29) is 5.91 Å². The second-order valence-electron chi connectivity index (χ2n) is 4.86. The molecule has 1 heterocycles. The number of amides is 1. The molecule has 0 aromatic heterocycles. The lowest BCUT2D eigenvalue weighted by atomic mass is 10.1. The highest BCUT2D eigenvalue weighted by molar-refractivity contribution is 5.94. The minimum atomic E-state index is 0.0790. The van der Waals surface area contributed by atoms with Crippen molar-refractivity contribution in [2.45, 2.75) is 0 Å². The van der Waals surface area contributed by atoms with Crippen LogP contribution in [-0.4, -0.2) is 69.3 Å². The van der Waals surface area contributed by atoms with Gasteiger partial charge < -0.3 is 14.4 Å². The number of nitrogens with zero attached hydrogens (tertiary/aromatic N) is 2. The van der Waals surface area contributed by atoms with Crippen molar-refractivity contribution >= 4 is 5.91 Å². The molecule has 110 valence electrons. The molecule has 1 amide bonds. The number of carbonyl (C=O) groups excluding carboxylic acids is 1. The number of carbonyl (C=O) groups is 1. The van der Waals surface area contributed by atoms with Crippen molar-refractivity contribution in [1.29, 1.82) is 0 Å². The Morgan fingerprint density at radius 3 is 2.60 bits per heavy atom. The summed E-state index contributed by atoms with van der Waals surface area (Å²) in [5.74, 6) is 0.796. The molecule has 0 bridgehead atoms. The fraction of sp³-hybridized carbons (Fsp3) is 0.533. The zero-order valence-corrected chi connectivity index (χ0v) is 12.2. The average molecular weight is 278 g/mol. The van der Waals surface area contributed by atoms with E-state index in [1.165, 1.54) is 0 Å². The predicted molar refractivity (Wildman–Crippen MR) is 77.2 cm³/mol. The molecule has 1 saturated heterocycles. The van der Waals surface area contributed by atoms with E-state index < -0.39 is 0 Å². The number of benzene rings is 1. The van der Waals surface area contributed by atoms with Gasteiger partial charge in [-0.05, 0) is 18.2 Å². The van der Waals surface area contributed by atoms with E-state index in [9.17, 15) is 4.79 Å². The van der Waals surface area contributed by atoms with Crippen molar-refractivity contribution in [2.75, 3.05) is 53.6 Å². The molecule has 0 radical (unpaired) electrons. The third kappa shape index (κ3) is 3.71. The Hall–Kier alpha value is -1.59. The van der Waals surface area contributed by atoms with Gasteiger partial charge in [-0.1, -0.05) is 6.07 Å². The first kappa shape index (κ1) is 14.8. The van der Waals surface area contributed by atoms with Gasteiger partial charge in [0.2, 0.25) is 0 Å². The number of methoxy groups -OCH3 is 2. The molecule has 1 aliphatic heterocycles. The van der Waals surface area contributed by atoms with Crippen LogP contribution in [0.25, 0.3) is 0 Å². The van der Waals surface area contributed by atoms with Crippen molar-refractivity contribution in [3.63, 3.8) is 0 Å². The molecular weight excluding hydrogens is 256 g/mol. The molecule has 1 fully saturated rings. The summed E-state index contributed by atoms with van der Waals surface area (Å²) in [6.45, 7) is 5.00. The molecule has 1 aromatic carbocycles. The summed E-state index contributed by atoms with van der Waals surface area (Å²) in [5, 5.41) is 0. The topological polar surface area (TPSA) is 42.0 Å². The Kier molecular flexibility index (Phi) is 5.38. The highest BCUT2D eigenvalue weighted by Crippen LogP contribution is 2.15. The van der Waals surface area contributed by atoms with Gasteiger partial charge in [0, 0.05) is 45.4 Å². The largest absolute Gasteiger partial charge is 0.497 e. The lowest BCUT2D eigenvalue weighted by molar-refractivity contribution is 0.0594. The van der Waals surface area contributed by atoms with E-state index in [0.29, 0.717) is 5.56 Å². The summed E-state index contributed by atoms with van der Waals surface area (Å²) in [5.41, 5.74) is 0.690. The zero-order chi connectivity index (χ0) is 14.4. The summed E-state index contributed by atoms with van der Waals surface area (Å²) in [7, 11) is 3.32. The van der Waals surface area contributed by atoms with Crippen molar-refractivity contribution in [1.82, 2.24) is 9.80 Å². The maximum atomic E-state index is 12.4. The van der Waals surface area contributed by atoms with Crippen LogP contribution in [0.4, 0.5) is 0 Å². The van der Waals surface area contributed by atoms with Crippen LogP contribution in [0.2, 0.25) is 0 Å². The van der Waals surface area contributed by atoms with Gasteiger partial charge in [-0.25, -0.2) is 0 Å². The van der Waals surface area contributed by atoms with Gasteiger partial charge in [-0.2, -0.15) is 0 Å². The predicted octanol–water partition coefficient (Wildman–Crippen LogP) is 1.10. The smallest absolute Gasteiger partial charge is 0.254 e. The van der Waals surface area contributed by atoms with Gasteiger partial charge in [0.15, 0.2) is 0 Å². The Morgan fingerprint density at radius 2 is 1.95 bits per heavy atom. The van der Waals surface area contributed by atoms with Crippen LogP contribution in [0, 0.1) is 0 Å². The molecule has 20 heavy (non-hydrogen) atoms. The molecule has 0 aliphatic carbocycles. The Morgan fingerprint density at radius 1 is 1.20 bits per heavy atom. The Labute approximate surface area is 120 Å². The van der Waals surface area contributed by atoms with Crippen molar-refractivity contribution in [3.8, 4) is 5.75 Å². The quantitative estimate of drug-likeness (QED) is 0.809. The fourth-order valence-electron chi connectivity index (χ4n) is 2.33. The van der Waals surface area contributed by atoms with Crippen LogP contribution in [0.1, 0.15) is 10.4 Å². The first-order chi connectivity index (χ1) is 9.74. The summed E-state index contributed by atoms with van der Waals surface area (Å²) < 4.78 is 10.2. The monoisotopic (exact) mass is 278 g/mol. The maximum Gasteiger partial charge on any atom is 0.254 e. The molecule has 1 aromatic rings. The van der Waals surface area contributed by atoms with E-state index in [1.807, 2.05) is 23.1 Å². The minimum Gasteiger partial charge on any atom is -0.497 e. The van der Waals surface area contributed by atoms with Crippen LogP contribution < -0.4 is 4.74 Å². The van der Waals surface area contributed by atoms with Gasteiger partial charge in [0.25, 0.3) is 5.91 Å². The van der Waals surface area contributed by atoms with E-state index >= 15 is 0 Å². The van der Waals surface area contributed by atoms with Crippen LogP contribution in [-0.2, 0) is 4.74 Å². The third-order valence-corrected chi connectivity index (χ3v) is 3.59. The molecular formula is C15H22N2O3. The molecule has 5 heteroatoms. The van der Waals surface area contributed by atoms with E-state index in [4.69, 9.17) is 9.47 Å². The van der Waals surface area contributed by atoms with E-state index in [2.05, 4.69) is 4.90 Å². The highest BCUT2D eigenvalue weighted by Gasteiger charge is 2.21. The number of hydrogen-bond acceptors (Lipinski definition) is 4. The molecule has 0 spiro atoms. The Balaban J connectivity index is 1.91. The second-order valence-corrected chi connectivity index (χ2v) is 4.86. The molecule has 5 nitrogen and oxygen atoms in total. The summed E-state index contributed by atoms with van der Waals surface area (Å²) in [6, 6.07) is 7.32. The molecule has 0 N–H and O–H groups in total. The van der Waals surface area contributed by atoms with Gasteiger partial charge in [-0.3, -0.25) is 9.69 Å². The van der Waals surface area contributed by atoms with Gasteiger partial charge in [0.05, 0.1) is 13.7 Å². The molecule has 0 saturated carbocycles. The number of rotatable bonds is 5. The van der Waals surface area contributed by atoms with E-state index in [0.717, 1.165) is 45.1 Å². The number of piperazine rings is 1.